The number of benzene rings is 1. The quantitative estimate of drug-likeness (QED) is 0.833. The predicted molar refractivity (Wildman–Crippen MR) is 77.4 cm³/mol. The van der Waals surface area contributed by atoms with Crippen molar-refractivity contribution in [2.24, 2.45) is 0 Å². The Kier molecular flexibility index (Phi) is 3.37. The summed E-state index contributed by atoms with van der Waals surface area (Å²) in [6.45, 7) is 4.27. The van der Waals surface area contributed by atoms with Gasteiger partial charge in [-0.25, -0.2) is 0 Å². The Bertz CT molecular complexity index is 478. The van der Waals surface area contributed by atoms with Crippen LogP contribution in [-0.4, -0.2) is 18.2 Å². The van der Waals surface area contributed by atoms with Gasteiger partial charge in [-0.05, 0) is 78.2 Å². The van der Waals surface area contributed by atoms with E-state index in [1.54, 1.807) is 0 Å². The van der Waals surface area contributed by atoms with Crippen LogP contribution in [0.3, 0.4) is 0 Å². The number of aromatic hydroxyl groups is 1. The molecule has 1 unspecified atom stereocenters. The summed E-state index contributed by atoms with van der Waals surface area (Å²) in [4.78, 5) is 0. The van der Waals surface area contributed by atoms with E-state index in [4.69, 9.17) is 0 Å². The molecule has 2 N–H and O–H groups in total. The molecule has 0 amide bonds. The van der Waals surface area contributed by atoms with Gasteiger partial charge in [-0.2, -0.15) is 0 Å². The molecule has 1 fully saturated rings. The van der Waals surface area contributed by atoms with Gasteiger partial charge in [0.15, 0.2) is 0 Å². The van der Waals surface area contributed by atoms with Gasteiger partial charge in [0.1, 0.15) is 5.75 Å². The smallest absolute Gasteiger partial charge is 0.133 e. The predicted octanol–water partition coefficient (Wildman–Crippen LogP) is 3.42. The van der Waals surface area contributed by atoms with Gasteiger partial charge in [-0.15, -0.1) is 0 Å². The third kappa shape index (κ3) is 1.88. The number of halogens is 1. The molecule has 3 heteroatoms. The van der Waals surface area contributed by atoms with Gasteiger partial charge in [-0.1, -0.05) is 0 Å². The number of phenolic OH excluding ortho intramolecular Hbond substituents is 1. The average molecular weight is 310 g/mol. The second kappa shape index (κ2) is 4.86. The summed E-state index contributed by atoms with van der Waals surface area (Å²) in [5.74, 6) is 0.982. The third-order valence-corrected chi connectivity index (χ3v) is 5.38. The van der Waals surface area contributed by atoms with E-state index in [2.05, 4.69) is 28.2 Å². The molecule has 1 aromatic carbocycles. The highest BCUT2D eigenvalue weighted by Gasteiger charge is 2.27. The Morgan fingerprint density at radius 2 is 1.94 bits per heavy atom. The fraction of sp³-hybridized carbons (Fsp3) is 0.600. The topological polar surface area (TPSA) is 32.3 Å². The molecule has 1 aliphatic heterocycles. The maximum absolute atomic E-state index is 10.5. The molecule has 0 bridgehead atoms. The number of hydrogen-bond acceptors (Lipinski definition) is 2. The molecule has 1 saturated heterocycles. The molecule has 0 radical (unpaired) electrons. The van der Waals surface area contributed by atoms with Crippen LogP contribution in [0.15, 0.2) is 4.47 Å². The van der Waals surface area contributed by atoms with Crippen LogP contribution in [-0.2, 0) is 12.8 Å². The van der Waals surface area contributed by atoms with E-state index in [9.17, 15) is 5.11 Å². The van der Waals surface area contributed by atoms with Crippen molar-refractivity contribution in [2.75, 3.05) is 13.1 Å². The molecule has 0 spiro atoms. The Balaban J connectivity index is 2.16. The lowest BCUT2D eigenvalue weighted by Gasteiger charge is -2.25. The van der Waals surface area contributed by atoms with Crippen LogP contribution in [0, 0.1) is 6.92 Å². The first kappa shape index (κ1) is 12.5. The molecule has 1 aliphatic carbocycles. The van der Waals surface area contributed by atoms with Gasteiger partial charge >= 0.3 is 0 Å². The van der Waals surface area contributed by atoms with Crippen molar-refractivity contribution in [3.8, 4) is 5.75 Å². The van der Waals surface area contributed by atoms with E-state index in [0.29, 0.717) is 11.7 Å². The van der Waals surface area contributed by atoms with Crippen molar-refractivity contribution < 1.29 is 5.11 Å². The van der Waals surface area contributed by atoms with Crippen LogP contribution in [0.2, 0.25) is 0 Å². The van der Waals surface area contributed by atoms with E-state index in [0.717, 1.165) is 30.4 Å². The minimum Gasteiger partial charge on any atom is -0.506 e. The monoisotopic (exact) mass is 309 g/mol. The van der Waals surface area contributed by atoms with E-state index >= 15 is 0 Å². The summed E-state index contributed by atoms with van der Waals surface area (Å²) < 4.78 is 0.963. The second-order valence-electron chi connectivity index (χ2n) is 5.56. The first-order chi connectivity index (χ1) is 8.70. The van der Waals surface area contributed by atoms with Crippen molar-refractivity contribution in [1.82, 2.24) is 5.32 Å². The Morgan fingerprint density at radius 1 is 1.22 bits per heavy atom. The average Bonchev–Trinajstić information content (AvgIpc) is 2.90. The molecule has 1 aromatic rings. The van der Waals surface area contributed by atoms with Crippen molar-refractivity contribution in [2.45, 2.75) is 44.9 Å². The molecule has 98 valence electrons. The maximum Gasteiger partial charge on any atom is 0.133 e. The fourth-order valence-electron chi connectivity index (χ4n) is 3.56. The highest BCUT2D eigenvalue weighted by molar-refractivity contribution is 9.10. The Hall–Kier alpha value is -0.540. The standard InChI is InChI=1S/C15H20BrNO/c1-9-11-4-2-3-5-12(11)14(16)15(18)13(9)10-6-7-17-8-10/h10,17-18H,2-8H2,1H3. The number of hydrogen-bond donors (Lipinski definition) is 2. The number of fused-ring (bicyclic) bond motifs is 1. The molecule has 2 aliphatic rings. The Morgan fingerprint density at radius 3 is 2.61 bits per heavy atom. The minimum absolute atomic E-state index is 0.480. The number of rotatable bonds is 1. The SMILES string of the molecule is Cc1c2c(c(Br)c(O)c1C1CCNC1)CCCC2. The summed E-state index contributed by atoms with van der Waals surface area (Å²) in [6, 6.07) is 0. The van der Waals surface area contributed by atoms with Gasteiger partial charge in [0.2, 0.25) is 0 Å². The van der Waals surface area contributed by atoms with Crippen molar-refractivity contribution >= 4 is 15.9 Å². The number of nitrogens with one attached hydrogen (secondary N) is 1. The van der Waals surface area contributed by atoms with Crippen LogP contribution in [0.4, 0.5) is 0 Å². The molecule has 2 nitrogen and oxygen atoms in total. The zero-order valence-corrected chi connectivity index (χ0v) is 12.4. The molecule has 1 atom stereocenters. The molecule has 1 heterocycles. The summed E-state index contributed by atoms with van der Waals surface area (Å²) in [5, 5.41) is 13.9. The van der Waals surface area contributed by atoms with Gasteiger partial charge in [0.25, 0.3) is 0 Å². The van der Waals surface area contributed by atoms with Crippen LogP contribution in [0.5, 0.6) is 5.75 Å². The fourth-order valence-corrected chi connectivity index (χ4v) is 4.21. The zero-order valence-electron chi connectivity index (χ0n) is 10.9. The van der Waals surface area contributed by atoms with E-state index in [1.165, 1.54) is 41.5 Å². The van der Waals surface area contributed by atoms with Crippen molar-refractivity contribution in [1.29, 1.82) is 0 Å². The first-order valence-electron chi connectivity index (χ1n) is 6.93. The lowest BCUT2D eigenvalue weighted by molar-refractivity contribution is 0.455. The van der Waals surface area contributed by atoms with Crippen LogP contribution in [0.1, 0.15) is 47.4 Å². The van der Waals surface area contributed by atoms with Crippen molar-refractivity contribution in [3.05, 3.63) is 26.7 Å². The van der Waals surface area contributed by atoms with Gasteiger partial charge in [0, 0.05) is 18.0 Å². The molecule has 18 heavy (non-hydrogen) atoms. The van der Waals surface area contributed by atoms with Crippen LogP contribution >= 0.6 is 15.9 Å². The van der Waals surface area contributed by atoms with Crippen LogP contribution in [0.25, 0.3) is 0 Å². The molecule has 0 aromatic heterocycles. The van der Waals surface area contributed by atoms with E-state index in [1.807, 2.05) is 0 Å². The third-order valence-electron chi connectivity index (χ3n) is 4.52. The normalized spacial score (nSPS) is 23.1. The lowest BCUT2D eigenvalue weighted by atomic mass is 9.82. The van der Waals surface area contributed by atoms with Gasteiger partial charge < -0.3 is 10.4 Å². The van der Waals surface area contributed by atoms with Gasteiger partial charge in [-0.3, -0.25) is 0 Å². The summed E-state index contributed by atoms with van der Waals surface area (Å²) in [6.07, 6.45) is 5.95. The maximum atomic E-state index is 10.5. The highest BCUT2D eigenvalue weighted by Crippen LogP contribution is 2.44. The van der Waals surface area contributed by atoms with Crippen LogP contribution < -0.4 is 5.32 Å². The molecule has 0 saturated carbocycles. The van der Waals surface area contributed by atoms with E-state index < -0.39 is 0 Å². The number of phenols is 1. The minimum atomic E-state index is 0.480. The molecular weight excluding hydrogens is 290 g/mol. The summed E-state index contributed by atoms with van der Waals surface area (Å²) >= 11 is 3.63. The van der Waals surface area contributed by atoms with Crippen molar-refractivity contribution in [3.63, 3.8) is 0 Å². The summed E-state index contributed by atoms with van der Waals surface area (Å²) in [7, 11) is 0. The van der Waals surface area contributed by atoms with Gasteiger partial charge in [0.05, 0.1) is 4.47 Å². The summed E-state index contributed by atoms with van der Waals surface area (Å²) in [5.41, 5.74) is 5.38. The Labute approximate surface area is 117 Å². The first-order valence-corrected chi connectivity index (χ1v) is 7.72. The second-order valence-corrected chi connectivity index (χ2v) is 6.35. The zero-order chi connectivity index (χ0) is 12.7. The molecule has 3 rings (SSSR count). The largest absolute Gasteiger partial charge is 0.506 e. The lowest BCUT2D eigenvalue weighted by Crippen LogP contribution is -2.13. The van der Waals surface area contributed by atoms with E-state index in [-0.39, 0.29) is 0 Å². The molecular formula is C15H20BrNO. The highest BCUT2D eigenvalue weighted by atomic mass is 79.9.